The molecule has 0 amide bonds. The molecule has 0 aromatic rings. The first-order valence-electron chi connectivity index (χ1n) is 3.70. The molecular formula is C7H12O2. The molecule has 0 aromatic heterocycles. The van der Waals surface area contributed by atoms with Crippen molar-refractivity contribution in [2.24, 2.45) is 0 Å². The van der Waals surface area contributed by atoms with Crippen LogP contribution in [0.15, 0.2) is 0 Å². The molecule has 1 N–H and O–H groups in total. The van der Waals surface area contributed by atoms with Crippen LogP contribution in [0.2, 0.25) is 0 Å². The van der Waals surface area contributed by atoms with E-state index in [2.05, 4.69) is 0 Å². The van der Waals surface area contributed by atoms with Crippen molar-refractivity contribution in [2.45, 2.75) is 44.0 Å². The highest BCUT2D eigenvalue weighted by molar-refractivity contribution is 4.85. The van der Waals surface area contributed by atoms with E-state index < -0.39 is 0 Å². The van der Waals surface area contributed by atoms with Crippen LogP contribution < -0.4 is 0 Å². The van der Waals surface area contributed by atoms with Gasteiger partial charge in [-0.25, -0.2) is 0 Å². The Balaban J connectivity index is 2.05. The predicted molar refractivity (Wildman–Crippen MR) is 33.1 cm³/mol. The van der Waals surface area contributed by atoms with Gasteiger partial charge in [-0.1, -0.05) is 0 Å². The molecular weight excluding hydrogens is 116 g/mol. The zero-order valence-corrected chi connectivity index (χ0v) is 5.42. The van der Waals surface area contributed by atoms with Gasteiger partial charge in [0.1, 0.15) is 0 Å². The molecule has 0 aliphatic carbocycles. The fourth-order valence-corrected chi connectivity index (χ4v) is 1.77. The molecule has 2 nitrogen and oxygen atoms in total. The molecule has 2 bridgehead atoms. The van der Waals surface area contributed by atoms with Crippen LogP contribution in [0.1, 0.15) is 25.7 Å². The van der Waals surface area contributed by atoms with E-state index in [0.29, 0.717) is 6.10 Å². The van der Waals surface area contributed by atoms with Gasteiger partial charge in [-0.2, -0.15) is 0 Å². The van der Waals surface area contributed by atoms with Crippen LogP contribution in [0.3, 0.4) is 0 Å². The predicted octanol–water partition coefficient (Wildman–Crippen LogP) is 0.689. The summed E-state index contributed by atoms with van der Waals surface area (Å²) in [6.45, 7) is 0. The summed E-state index contributed by atoms with van der Waals surface area (Å²) < 4.78 is 5.46. The lowest BCUT2D eigenvalue weighted by molar-refractivity contribution is -0.0746. The Labute approximate surface area is 54.8 Å². The maximum atomic E-state index is 9.27. The Morgan fingerprint density at radius 1 is 1.11 bits per heavy atom. The highest BCUT2D eigenvalue weighted by Gasteiger charge is 2.35. The first-order chi connectivity index (χ1) is 4.36. The largest absolute Gasteiger partial charge is 0.390 e. The van der Waals surface area contributed by atoms with Gasteiger partial charge in [-0.05, 0) is 25.7 Å². The minimum Gasteiger partial charge on any atom is -0.390 e. The van der Waals surface area contributed by atoms with Crippen molar-refractivity contribution < 1.29 is 9.84 Å². The number of ether oxygens (including phenoxy) is 1. The third-order valence-electron chi connectivity index (χ3n) is 2.35. The van der Waals surface area contributed by atoms with Crippen LogP contribution in [-0.2, 0) is 4.74 Å². The second-order valence-electron chi connectivity index (χ2n) is 3.02. The van der Waals surface area contributed by atoms with E-state index in [4.69, 9.17) is 4.74 Å². The van der Waals surface area contributed by atoms with Crippen molar-refractivity contribution in [3.8, 4) is 0 Å². The van der Waals surface area contributed by atoms with Gasteiger partial charge in [0.25, 0.3) is 0 Å². The summed E-state index contributed by atoms with van der Waals surface area (Å²) in [5.74, 6) is 0. The molecule has 2 saturated heterocycles. The van der Waals surface area contributed by atoms with Crippen molar-refractivity contribution >= 4 is 0 Å². The first kappa shape index (κ1) is 5.69. The molecule has 2 aliphatic heterocycles. The highest BCUT2D eigenvalue weighted by atomic mass is 16.5. The molecule has 3 atom stereocenters. The average molecular weight is 128 g/mol. The Morgan fingerprint density at radius 2 is 1.89 bits per heavy atom. The van der Waals surface area contributed by atoms with Crippen molar-refractivity contribution in [1.29, 1.82) is 0 Å². The normalized spacial score (nSPS) is 49.7. The van der Waals surface area contributed by atoms with Crippen LogP contribution >= 0.6 is 0 Å². The van der Waals surface area contributed by atoms with Crippen molar-refractivity contribution in [1.82, 2.24) is 0 Å². The van der Waals surface area contributed by atoms with Crippen molar-refractivity contribution in [2.75, 3.05) is 0 Å². The Bertz CT molecular complexity index is 113. The molecule has 2 aliphatic rings. The van der Waals surface area contributed by atoms with Crippen LogP contribution in [-0.4, -0.2) is 23.4 Å². The molecule has 2 rings (SSSR count). The molecule has 0 spiro atoms. The molecule has 0 radical (unpaired) electrons. The van der Waals surface area contributed by atoms with E-state index in [1.54, 1.807) is 0 Å². The Kier molecular flexibility index (Phi) is 1.24. The van der Waals surface area contributed by atoms with Crippen LogP contribution in [0.4, 0.5) is 0 Å². The van der Waals surface area contributed by atoms with Gasteiger partial charge in [0.2, 0.25) is 0 Å². The molecule has 9 heavy (non-hydrogen) atoms. The lowest BCUT2D eigenvalue weighted by Crippen LogP contribution is -2.31. The molecule has 2 fully saturated rings. The third-order valence-corrected chi connectivity index (χ3v) is 2.35. The quantitative estimate of drug-likeness (QED) is 0.520. The maximum Gasteiger partial charge on any atom is 0.0838 e. The van der Waals surface area contributed by atoms with Crippen molar-refractivity contribution in [3.05, 3.63) is 0 Å². The monoisotopic (exact) mass is 128 g/mol. The number of aliphatic hydroxyl groups is 1. The summed E-state index contributed by atoms with van der Waals surface area (Å²) in [5, 5.41) is 9.27. The standard InChI is InChI=1S/C7H12O2/c8-6-3-1-5-2-4-7(6)9-5/h5-8H,1-4H2/t5-,6+,7+/m0/s1. The zero-order chi connectivity index (χ0) is 6.27. The summed E-state index contributed by atoms with van der Waals surface area (Å²) in [4.78, 5) is 0. The van der Waals surface area contributed by atoms with E-state index in [9.17, 15) is 5.11 Å². The third kappa shape index (κ3) is 0.864. The van der Waals surface area contributed by atoms with E-state index in [0.717, 1.165) is 19.3 Å². The minimum atomic E-state index is -0.163. The van der Waals surface area contributed by atoms with E-state index in [-0.39, 0.29) is 12.2 Å². The van der Waals surface area contributed by atoms with Gasteiger partial charge < -0.3 is 9.84 Å². The van der Waals surface area contributed by atoms with E-state index in [1.807, 2.05) is 0 Å². The number of fused-ring (bicyclic) bond motifs is 2. The van der Waals surface area contributed by atoms with Gasteiger partial charge in [0.05, 0.1) is 18.3 Å². The minimum absolute atomic E-state index is 0.163. The Hall–Kier alpha value is -0.0800. The number of hydrogen-bond acceptors (Lipinski definition) is 2. The highest BCUT2D eigenvalue weighted by Crippen LogP contribution is 2.32. The zero-order valence-electron chi connectivity index (χ0n) is 5.42. The first-order valence-corrected chi connectivity index (χ1v) is 3.70. The van der Waals surface area contributed by atoms with Crippen molar-refractivity contribution in [3.63, 3.8) is 0 Å². The lowest BCUT2D eigenvalue weighted by atomic mass is 10.1. The van der Waals surface area contributed by atoms with Gasteiger partial charge in [0.15, 0.2) is 0 Å². The van der Waals surface area contributed by atoms with Crippen LogP contribution in [0.25, 0.3) is 0 Å². The Morgan fingerprint density at radius 3 is 2.67 bits per heavy atom. The maximum absolute atomic E-state index is 9.27. The smallest absolute Gasteiger partial charge is 0.0838 e. The topological polar surface area (TPSA) is 29.5 Å². The van der Waals surface area contributed by atoms with Gasteiger partial charge >= 0.3 is 0 Å². The summed E-state index contributed by atoms with van der Waals surface area (Å²) >= 11 is 0. The van der Waals surface area contributed by atoms with Gasteiger partial charge in [-0.15, -0.1) is 0 Å². The number of aliphatic hydroxyl groups excluding tert-OH is 1. The summed E-state index contributed by atoms with van der Waals surface area (Å²) in [6, 6.07) is 0. The van der Waals surface area contributed by atoms with E-state index in [1.165, 1.54) is 6.42 Å². The van der Waals surface area contributed by atoms with E-state index >= 15 is 0 Å². The molecule has 0 aromatic carbocycles. The van der Waals surface area contributed by atoms with Crippen LogP contribution in [0.5, 0.6) is 0 Å². The SMILES string of the molecule is O[C@@H]1CC[C@H]2CC[C@H]1O2. The average Bonchev–Trinajstić information content (AvgIpc) is 2.25. The molecule has 0 saturated carbocycles. The molecule has 0 unspecified atom stereocenters. The van der Waals surface area contributed by atoms with Gasteiger partial charge in [0, 0.05) is 0 Å². The summed E-state index contributed by atoms with van der Waals surface area (Å²) in [6.07, 6.45) is 4.77. The number of hydrogen-bond donors (Lipinski definition) is 1. The molecule has 52 valence electrons. The number of rotatable bonds is 0. The fourth-order valence-electron chi connectivity index (χ4n) is 1.77. The second-order valence-corrected chi connectivity index (χ2v) is 3.02. The van der Waals surface area contributed by atoms with Crippen LogP contribution in [0, 0.1) is 0 Å². The second kappa shape index (κ2) is 1.96. The molecule has 2 heteroatoms. The fraction of sp³-hybridized carbons (Fsp3) is 1.00. The summed E-state index contributed by atoms with van der Waals surface area (Å²) in [7, 11) is 0. The van der Waals surface area contributed by atoms with Gasteiger partial charge in [-0.3, -0.25) is 0 Å². The lowest BCUT2D eigenvalue weighted by Gasteiger charge is -2.24. The summed E-state index contributed by atoms with van der Waals surface area (Å²) in [5.41, 5.74) is 0. The molecule has 2 heterocycles.